The number of halogens is 1. The highest BCUT2D eigenvalue weighted by atomic mass is 35.5. The quantitative estimate of drug-likeness (QED) is 0.239. The molecule has 1 aromatic carbocycles. The average molecular weight is 333 g/mol. The predicted molar refractivity (Wildman–Crippen MR) is 93.3 cm³/mol. The molecule has 0 bridgehead atoms. The summed E-state index contributed by atoms with van der Waals surface area (Å²) in [6.07, 6.45) is 10.3. The van der Waals surface area contributed by atoms with Gasteiger partial charge in [-0.1, -0.05) is 24.3 Å². The summed E-state index contributed by atoms with van der Waals surface area (Å²) in [6, 6.07) is 7.50. The number of carbonyl (C=O) groups is 2. The number of unbranched alkanes of at least 4 members (excludes halogenated alkanes) is 1. The first-order chi connectivity index (χ1) is 11.0. The lowest BCUT2D eigenvalue weighted by molar-refractivity contribution is -0.134. The van der Waals surface area contributed by atoms with Gasteiger partial charge >= 0.3 is 5.97 Å². The summed E-state index contributed by atoms with van der Waals surface area (Å²) >= 11 is 5.80. The summed E-state index contributed by atoms with van der Waals surface area (Å²) in [7, 11) is 1.32. The molecule has 122 valence electrons. The van der Waals surface area contributed by atoms with Crippen LogP contribution in [0.15, 0.2) is 30.3 Å². The van der Waals surface area contributed by atoms with Crippen molar-refractivity contribution in [1.29, 1.82) is 0 Å². The van der Waals surface area contributed by atoms with Crippen molar-refractivity contribution in [3.63, 3.8) is 0 Å². The lowest BCUT2D eigenvalue weighted by Crippen LogP contribution is -2.33. The van der Waals surface area contributed by atoms with E-state index in [9.17, 15) is 9.59 Å². The van der Waals surface area contributed by atoms with Crippen LogP contribution >= 0.6 is 11.6 Å². The molecule has 0 fully saturated rings. The molecule has 1 atom stereocenters. The van der Waals surface area contributed by atoms with Crippen molar-refractivity contribution in [1.82, 2.24) is 0 Å². The number of terminal acetylenes is 1. The molecule has 0 spiro atoms. The zero-order valence-corrected chi connectivity index (χ0v) is 14.2. The van der Waals surface area contributed by atoms with Crippen LogP contribution in [0.4, 0.5) is 0 Å². The molecule has 0 heterocycles. The molecule has 0 aromatic heterocycles. The molecule has 4 heteroatoms. The molecule has 0 aliphatic carbocycles. The first-order valence-electron chi connectivity index (χ1n) is 7.37. The molecule has 3 nitrogen and oxygen atoms in total. The van der Waals surface area contributed by atoms with E-state index in [2.05, 4.69) is 10.7 Å². The molecular weight excluding hydrogens is 312 g/mol. The monoisotopic (exact) mass is 332 g/mol. The molecule has 0 saturated heterocycles. The summed E-state index contributed by atoms with van der Waals surface area (Å²) in [5, 5.41) is 0. The number of esters is 1. The Morgan fingerprint density at radius 1 is 1.43 bits per heavy atom. The highest BCUT2D eigenvalue weighted by Crippen LogP contribution is 2.32. The molecule has 1 unspecified atom stereocenters. The van der Waals surface area contributed by atoms with Crippen molar-refractivity contribution in [2.45, 2.75) is 31.6 Å². The largest absolute Gasteiger partial charge is 0.466 e. The smallest absolute Gasteiger partial charge is 0.330 e. The van der Waals surface area contributed by atoms with E-state index in [-0.39, 0.29) is 11.7 Å². The summed E-state index contributed by atoms with van der Waals surface area (Å²) in [4.78, 5) is 23.6. The third kappa shape index (κ3) is 5.26. The number of hydrogen-bond acceptors (Lipinski definition) is 3. The minimum absolute atomic E-state index is 0.0368. The van der Waals surface area contributed by atoms with Gasteiger partial charge in [-0.15, -0.1) is 23.9 Å². The second-order valence-electron chi connectivity index (χ2n) is 5.43. The molecule has 0 radical (unpaired) electrons. The lowest BCUT2D eigenvalue weighted by atomic mass is 9.74. The van der Waals surface area contributed by atoms with Crippen LogP contribution in [0.25, 0.3) is 6.08 Å². The molecule has 1 rings (SSSR count). The standard InChI is InChI=1S/C19H21ClO3/c1-4-5-6-12-19(2,17(21)14-20)16-9-7-8-15(13-16)10-11-18(22)23-3/h1,7-11,13H,5-6,12,14H2,2-3H3/b11-10+. The molecule has 1 aromatic rings. The Hall–Kier alpha value is -2.05. The maximum atomic E-state index is 12.4. The van der Waals surface area contributed by atoms with Gasteiger partial charge in [-0.3, -0.25) is 4.79 Å². The summed E-state index contributed by atoms with van der Waals surface area (Å²) in [5.41, 5.74) is 0.999. The maximum Gasteiger partial charge on any atom is 0.330 e. The third-order valence-corrected chi connectivity index (χ3v) is 4.11. The molecule has 0 aliphatic heterocycles. The van der Waals surface area contributed by atoms with Crippen LogP contribution in [0, 0.1) is 12.3 Å². The van der Waals surface area contributed by atoms with Crippen LogP contribution in [-0.4, -0.2) is 24.7 Å². The van der Waals surface area contributed by atoms with Crippen LogP contribution in [0.5, 0.6) is 0 Å². The van der Waals surface area contributed by atoms with Gasteiger partial charge in [-0.2, -0.15) is 0 Å². The van der Waals surface area contributed by atoms with Crippen molar-refractivity contribution in [3.05, 3.63) is 41.5 Å². The fourth-order valence-electron chi connectivity index (χ4n) is 2.35. The van der Waals surface area contributed by atoms with Gasteiger partial charge in [-0.05, 0) is 37.0 Å². The highest BCUT2D eigenvalue weighted by Gasteiger charge is 2.33. The SMILES string of the molecule is C#CCCCC(C)(C(=O)CCl)c1cccc(/C=C/C(=O)OC)c1. The molecule has 0 amide bonds. The van der Waals surface area contributed by atoms with Gasteiger partial charge in [0.1, 0.15) is 0 Å². The topological polar surface area (TPSA) is 43.4 Å². The first kappa shape index (κ1) is 19.0. The van der Waals surface area contributed by atoms with Gasteiger partial charge in [0.25, 0.3) is 0 Å². The second kappa shape index (κ2) is 9.17. The van der Waals surface area contributed by atoms with E-state index in [4.69, 9.17) is 18.0 Å². The fourth-order valence-corrected chi connectivity index (χ4v) is 2.65. The number of Topliss-reactive ketones (excluding diaryl/α,β-unsaturated/α-hetero) is 1. The number of ether oxygens (including phenoxy) is 1. The molecule has 0 aliphatic rings. The summed E-state index contributed by atoms with van der Waals surface area (Å²) in [5.74, 6) is 2.08. The Morgan fingerprint density at radius 2 is 2.17 bits per heavy atom. The van der Waals surface area contributed by atoms with Crippen molar-refractivity contribution in [2.75, 3.05) is 13.0 Å². The Morgan fingerprint density at radius 3 is 2.78 bits per heavy atom. The minimum Gasteiger partial charge on any atom is -0.466 e. The molecule has 23 heavy (non-hydrogen) atoms. The summed E-state index contributed by atoms with van der Waals surface area (Å²) in [6.45, 7) is 1.89. The number of benzene rings is 1. The van der Waals surface area contributed by atoms with Gasteiger partial charge in [0.2, 0.25) is 0 Å². The minimum atomic E-state index is -0.687. The van der Waals surface area contributed by atoms with Crippen molar-refractivity contribution in [3.8, 4) is 12.3 Å². The second-order valence-corrected chi connectivity index (χ2v) is 5.70. The Balaban J connectivity index is 3.12. The van der Waals surface area contributed by atoms with Crippen LogP contribution in [0.3, 0.4) is 0 Å². The van der Waals surface area contributed by atoms with Crippen molar-refractivity contribution in [2.24, 2.45) is 0 Å². The van der Waals surface area contributed by atoms with E-state index in [0.717, 1.165) is 17.5 Å². The van der Waals surface area contributed by atoms with E-state index in [0.29, 0.717) is 12.8 Å². The molecule has 0 saturated carbocycles. The van der Waals surface area contributed by atoms with Crippen molar-refractivity contribution >= 4 is 29.4 Å². The number of ketones is 1. The highest BCUT2D eigenvalue weighted by molar-refractivity contribution is 6.29. The van der Waals surface area contributed by atoms with Gasteiger partial charge in [0, 0.05) is 12.5 Å². The van der Waals surface area contributed by atoms with Gasteiger partial charge in [0.15, 0.2) is 5.78 Å². The maximum absolute atomic E-state index is 12.4. The predicted octanol–water partition coefficient (Wildman–Crippen LogP) is 3.74. The number of carbonyl (C=O) groups excluding carboxylic acids is 2. The number of rotatable bonds is 8. The van der Waals surface area contributed by atoms with Crippen LogP contribution in [0.1, 0.15) is 37.3 Å². The van der Waals surface area contributed by atoms with E-state index in [1.807, 2.05) is 31.2 Å². The van der Waals surface area contributed by atoms with E-state index < -0.39 is 11.4 Å². The van der Waals surface area contributed by atoms with Gasteiger partial charge in [0.05, 0.1) is 18.4 Å². The first-order valence-corrected chi connectivity index (χ1v) is 7.90. The fraction of sp³-hybridized carbons (Fsp3) is 0.368. The number of hydrogen-bond donors (Lipinski definition) is 0. The van der Waals surface area contributed by atoms with Crippen LogP contribution in [-0.2, 0) is 19.7 Å². The summed E-state index contributed by atoms with van der Waals surface area (Å²) < 4.78 is 4.57. The van der Waals surface area contributed by atoms with Crippen molar-refractivity contribution < 1.29 is 14.3 Å². The van der Waals surface area contributed by atoms with E-state index in [1.165, 1.54) is 13.2 Å². The van der Waals surface area contributed by atoms with Gasteiger partial charge < -0.3 is 4.74 Å². The van der Waals surface area contributed by atoms with E-state index >= 15 is 0 Å². The zero-order valence-electron chi connectivity index (χ0n) is 13.5. The third-order valence-electron chi connectivity index (χ3n) is 3.87. The van der Waals surface area contributed by atoms with Gasteiger partial charge in [-0.25, -0.2) is 4.79 Å². The Labute approximate surface area is 142 Å². The Kier molecular flexibility index (Phi) is 7.57. The van der Waals surface area contributed by atoms with Crippen LogP contribution in [0.2, 0.25) is 0 Å². The number of methoxy groups -OCH3 is 1. The average Bonchev–Trinajstić information content (AvgIpc) is 2.59. The Bertz CT molecular complexity index is 628. The van der Waals surface area contributed by atoms with Crippen LogP contribution < -0.4 is 0 Å². The normalized spacial score (nSPS) is 13.3. The number of alkyl halides is 1. The lowest BCUT2D eigenvalue weighted by Gasteiger charge is -2.28. The molecule has 0 N–H and O–H groups in total. The van der Waals surface area contributed by atoms with E-state index in [1.54, 1.807) is 6.08 Å². The zero-order chi connectivity index (χ0) is 17.3. The molecular formula is C19H21ClO3.